The smallest absolute Gasteiger partial charge is 0.181 e. The molecule has 0 bridgehead atoms. The lowest BCUT2D eigenvalue weighted by molar-refractivity contribution is 0.183. The molecule has 88 valence electrons. The van der Waals surface area contributed by atoms with Crippen LogP contribution < -0.4 is 5.32 Å². The van der Waals surface area contributed by atoms with E-state index in [2.05, 4.69) is 5.32 Å². The zero-order chi connectivity index (χ0) is 11.5. The van der Waals surface area contributed by atoms with Crippen LogP contribution in [-0.2, 0) is 4.74 Å². The first-order valence-corrected chi connectivity index (χ1v) is 5.47. The third-order valence-electron chi connectivity index (χ3n) is 3.01. The highest BCUT2D eigenvalue weighted by Gasteiger charge is 2.23. The normalized spacial score (nSPS) is 22.1. The molecule has 1 N–H and O–H groups in total. The van der Waals surface area contributed by atoms with Gasteiger partial charge in [0.2, 0.25) is 0 Å². The second kappa shape index (κ2) is 4.78. The predicted molar refractivity (Wildman–Crippen MR) is 58.4 cm³/mol. The van der Waals surface area contributed by atoms with Crippen molar-refractivity contribution in [2.24, 2.45) is 5.92 Å². The van der Waals surface area contributed by atoms with Gasteiger partial charge in [-0.3, -0.25) is 0 Å². The van der Waals surface area contributed by atoms with Crippen LogP contribution in [0.3, 0.4) is 0 Å². The van der Waals surface area contributed by atoms with Gasteiger partial charge in [0.05, 0.1) is 12.3 Å². The van der Waals surface area contributed by atoms with Gasteiger partial charge < -0.3 is 10.1 Å². The van der Waals surface area contributed by atoms with Gasteiger partial charge in [-0.05, 0) is 25.5 Å². The standard InChI is InChI=1S/C12H15F2NO/c1-8(9-5-6-16-7-9)15-11-4-2-3-10(13)12(11)14/h2-4,8-9,15H,5-7H2,1H3. The van der Waals surface area contributed by atoms with E-state index in [4.69, 9.17) is 4.74 Å². The van der Waals surface area contributed by atoms with E-state index in [1.165, 1.54) is 6.07 Å². The molecule has 1 aliphatic heterocycles. The summed E-state index contributed by atoms with van der Waals surface area (Å²) < 4.78 is 31.6. The molecule has 16 heavy (non-hydrogen) atoms. The Kier molecular flexibility index (Phi) is 3.39. The van der Waals surface area contributed by atoms with E-state index in [9.17, 15) is 8.78 Å². The Labute approximate surface area is 93.6 Å². The van der Waals surface area contributed by atoms with Crippen LogP contribution in [0.5, 0.6) is 0 Å². The number of benzene rings is 1. The fourth-order valence-electron chi connectivity index (χ4n) is 1.93. The van der Waals surface area contributed by atoms with E-state index in [0.29, 0.717) is 12.5 Å². The summed E-state index contributed by atoms with van der Waals surface area (Å²) in [5.41, 5.74) is 0.222. The topological polar surface area (TPSA) is 21.3 Å². The van der Waals surface area contributed by atoms with Crippen LogP contribution in [0, 0.1) is 17.6 Å². The van der Waals surface area contributed by atoms with Crippen molar-refractivity contribution in [3.8, 4) is 0 Å². The molecule has 0 aliphatic carbocycles. The summed E-state index contributed by atoms with van der Waals surface area (Å²) in [4.78, 5) is 0. The lowest BCUT2D eigenvalue weighted by atomic mass is 10.0. The molecule has 1 aromatic carbocycles. The number of anilines is 1. The molecule has 0 radical (unpaired) electrons. The third kappa shape index (κ3) is 2.32. The van der Waals surface area contributed by atoms with E-state index < -0.39 is 11.6 Å². The van der Waals surface area contributed by atoms with Crippen molar-refractivity contribution in [1.29, 1.82) is 0 Å². The van der Waals surface area contributed by atoms with Gasteiger partial charge in [-0.1, -0.05) is 6.07 Å². The van der Waals surface area contributed by atoms with E-state index in [1.54, 1.807) is 6.07 Å². The first-order chi connectivity index (χ1) is 7.68. The summed E-state index contributed by atoms with van der Waals surface area (Å²) in [6.45, 7) is 3.40. The molecule has 2 nitrogen and oxygen atoms in total. The molecule has 1 aliphatic rings. The van der Waals surface area contributed by atoms with Crippen molar-refractivity contribution < 1.29 is 13.5 Å². The molecule has 0 saturated carbocycles. The van der Waals surface area contributed by atoms with Crippen LogP contribution in [0.15, 0.2) is 18.2 Å². The zero-order valence-electron chi connectivity index (χ0n) is 9.17. The Bertz CT molecular complexity index is 364. The summed E-state index contributed by atoms with van der Waals surface area (Å²) in [6, 6.07) is 4.24. The van der Waals surface area contributed by atoms with Crippen molar-refractivity contribution in [2.45, 2.75) is 19.4 Å². The highest BCUT2D eigenvalue weighted by molar-refractivity contribution is 5.45. The van der Waals surface area contributed by atoms with Gasteiger partial charge in [0.15, 0.2) is 11.6 Å². The molecule has 1 heterocycles. The molecule has 0 spiro atoms. The molecule has 2 rings (SSSR count). The van der Waals surface area contributed by atoms with Crippen molar-refractivity contribution in [1.82, 2.24) is 0 Å². The van der Waals surface area contributed by atoms with Crippen LogP contribution in [0.25, 0.3) is 0 Å². The summed E-state index contributed by atoms with van der Waals surface area (Å²) >= 11 is 0. The van der Waals surface area contributed by atoms with Crippen LogP contribution >= 0.6 is 0 Å². The van der Waals surface area contributed by atoms with Crippen molar-refractivity contribution >= 4 is 5.69 Å². The Morgan fingerprint density at radius 3 is 2.94 bits per heavy atom. The molecule has 1 aromatic rings. The summed E-state index contributed by atoms with van der Waals surface area (Å²) in [7, 11) is 0. The number of hydrogen-bond acceptors (Lipinski definition) is 2. The molecule has 0 amide bonds. The molecule has 1 saturated heterocycles. The van der Waals surface area contributed by atoms with Gasteiger partial charge in [0, 0.05) is 18.6 Å². The quantitative estimate of drug-likeness (QED) is 0.857. The highest BCUT2D eigenvalue weighted by atomic mass is 19.2. The molecule has 2 unspecified atom stereocenters. The Hall–Kier alpha value is -1.16. The maximum atomic E-state index is 13.4. The van der Waals surface area contributed by atoms with E-state index in [-0.39, 0.29) is 11.7 Å². The molecule has 2 atom stereocenters. The summed E-state index contributed by atoms with van der Waals surface area (Å²) in [5.74, 6) is -1.27. The SMILES string of the molecule is CC(Nc1cccc(F)c1F)C1CCOC1. The number of rotatable bonds is 3. The average Bonchev–Trinajstić information content (AvgIpc) is 2.78. The fraction of sp³-hybridized carbons (Fsp3) is 0.500. The van der Waals surface area contributed by atoms with Crippen LogP contribution in [0.4, 0.5) is 14.5 Å². The molecule has 1 fully saturated rings. The Balaban J connectivity index is 2.05. The van der Waals surface area contributed by atoms with E-state index in [1.807, 2.05) is 6.92 Å². The second-order valence-corrected chi connectivity index (χ2v) is 4.16. The van der Waals surface area contributed by atoms with Gasteiger partial charge >= 0.3 is 0 Å². The van der Waals surface area contributed by atoms with Gasteiger partial charge in [-0.15, -0.1) is 0 Å². The van der Waals surface area contributed by atoms with Crippen LogP contribution in [0.1, 0.15) is 13.3 Å². The minimum Gasteiger partial charge on any atom is -0.381 e. The van der Waals surface area contributed by atoms with Gasteiger partial charge in [-0.25, -0.2) is 8.78 Å². The maximum absolute atomic E-state index is 13.4. The van der Waals surface area contributed by atoms with Crippen LogP contribution in [-0.4, -0.2) is 19.3 Å². The predicted octanol–water partition coefficient (Wildman–Crippen LogP) is 2.80. The zero-order valence-corrected chi connectivity index (χ0v) is 9.17. The summed E-state index contributed by atoms with van der Waals surface area (Å²) in [6.07, 6.45) is 0.963. The van der Waals surface area contributed by atoms with Crippen molar-refractivity contribution in [3.05, 3.63) is 29.8 Å². The van der Waals surface area contributed by atoms with Gasteiger partial charge in [0.1, 0.15) is 0 Å². The minimum atomic E-state index is -0.820. The Morgan fingerprint density at radius 2 is 2.25 bits per heavy atom. The molecular weight excluding hydrogens is 212 g/mol. The maximum Gasteiger partial charge on any atom is 0.181 e. The number of ether oxygens (including phenoxy) is 1. The first-order valence-electron chi connectivity index (χ1n) is 5.47. The van der Waals surface area contributed by atoms with Crippen molar-refractivity contribution in [3.63, 3.8) is 0 Å². The number of hydrogen-bond donors (Lipinski definition) is 1. The summed E-state index contributed by atoms with van der Waals surface area (Å²) in [5, 5.41) is 3.00. The van der Waals surface area contributed by atoms with E-state index in [0.717, 1.165) is 19.1 Å². The van der Waals surface area contributed by atoms with E-state index >= 15 is 0 Å². The third-order valence-corrected chi connectivity index (χ3v) is 3.01. The van der Waals surface area contributed by atoms with Gasteiger partial charge in [-0.2, -0.15) is 0 Å². The van der Waals surface area contributed by atoms with Gasteiger partial charge in [0.25, 0.3) is 0 Å². The average molecular weight is 227 g/mol. The van der Waals surface area contributed by atoms with Crippen molar-refractivity contribution in [2.75, 3.05) is 18.5 Å². The number of nitrogens with one attached hydrogen (secondary N) is 1. The fourth-order valence-corrected chi connectivity index (χ4v) is 1.93. The monoisotopic (exact) mass is 227 g/mol. The molecule has 0 aromatic heterocycles. The Morgan fingerprint density at radius 1 is 1.44 bits per heavy atom. The minimum absolute atomic E-state index is 0.0822. The molecular formula is C12H15F2NO. The first kappa shape index (κ1) is 11.3. The van der Waals surface area contributed by atoms with Crippen LogP contribution in [0.2, 0.25) is 0 Å². The lowest BCUT2D eigenvalue weighted by Crippen LogP contribution is -2.26. The number of halogens is 2. The highest BCUT2D eigenvalue weighted by Crippen LogP contribution is 2.22. The second-order valence-electron chi connectivity index (χ2n) is 4.16. The molecule has 4 heteroatoms. The lowest BCUT2D eigenvalue weighted by Gasteiger charge is -2.20. The largest absolute Gasteiger partial charge is 0.381 e.